The lowest BCUT2D eigenvalue weighted by molar-refractivity contribution is -0.130. The Morgan fingerprint density at radius 1 is 1.25 bits per heavy atom. The van der Waals surface area contributed by atoms with Gasteiger partial charge in [-0.1, -0.05) is 30.3 Å². The predicted octanol–water partition coefficient (Wildman–Crippen LogP) is 2.05. The quantitative estimate of drug-likeness (QED) is 0.863. The Morgan fingerprint density at radius 2 is 2.05 bits per heavy atom. The molecule has 0 aliphatic carbocycles. The molecule has 20 heavy (non-hydrogen) atoms. The minimum absolute atomic E-state index is 0.0273. The topological polar surface area (TPSA) is 49.4 Å². The summed E-state index contributed by atoms with van der Waals surface area (Å²) < 4.78 is 0. The number of carbonyl (C=O) groups is 2. The lowest BCUT2D eigenvalue weighted by atomic mass is 9.99. The van der Waals surface area contributed by atoms with Crippen molar-refractivity contribution in [3.05, 3.63) is 35.9 Å². The van der Waals surface area contributed by atoms with Crippen molar-refractivity contribution in [2.45, 2.75) is 24.8 Å². The van der Waals surface area contributed by atoms with Gasteiger partial charge in [0, 0.05) is 12.3 Å². The summed E-state index contributed by atoms with van der Waals surface area (Å²) in [7, 11) is 0. The van der Waals surface area contributed by atoms with Crippen LogP contribution in [0.1, 0.15) is 18.4 Å². The summed E-state index contributed by atoms with van der Waals surface area (Å²) in [4.78, 5) is 25.8. The van der Waals surface area contributed by atoms with Gasteiger partial charge in [0.15, 0.2) is 0 Å². The monoisotopic (exact) mass is 290 g/mol. The third-order valence-electron chi connectivity index (χ3n) is 3.96. The molecular formula is C15H18N2O2S. The number of urea groups is 1. The third-order valence-corrected chi connectivity index (χ3v) is 5.15. The van der Waals surface area contributed by atoms with E-state index in [1.807, 2.05) is 18.2 Å². The molecule has 3 amide bonds. The van der Waals surface area contributed by atoms with E-state index in [0.29, 0.717) is 12.3 Å². The van der Waals surface area contributed by atoms with Crippen LogP contribution in [0.25, 0.3) is 0 Å². The summed E-state index contributed by atoms with van der Waals surface area (Å²) >= 11 is 1.74. The maximum atomic E-state index is 12.4. The first kappa shape index (κ1) is 13.5. The molecule has 2 aliphatic heterocycles. The minimum atomic E-state index is -0.603. The zero-order valence-electron chi connectivity index (χ0n) is 11.3. The van der Waals surface area contributed by atoms with Gasteiger partial charge < -0.3 is 5.32 Å². The molecule has 2 saturated heterocycles. The van der Waals surface area contributed by atoms with Crippen LogP contribution in [0.4, 0.5) is 4.79 Å². The molecule has 106 valence electrons. The summed E-state index contributed by atoms with van der Waals surface area (Å²) in [6.45, 7) is 0.506. The maximum absolute atomic E-state index is 12.4. The molecule has 5 heteroatoms. The van der Waals surface area contributed by atoms with Gasteiger partial charge >= 0.3 is 6.03 Å². The Kier molecular flexibility index (Phi) is 3.70. The SMILES string of the molecule is O=C1NC2(CCSC2)C(=O)N1CCCc1ccccc1. The highest BCUT2D eigenvalue weighted by Gasteiger charge is 2.52. The largest absolute Gasteiger partial charge is 0.325 e. The second kappa shape index (κ2) is 5.48. The van der Waals surface area contributed by atoms with Crippen molar-refractivity contribution < 1.29 is 9.59 Å². The number of thioether (sulfide) groups is 1. The van der Waals surface area contributed by atoms with E-state index in [-0.39, 0.29) is 11.9 Å². The van der Waals surface area contributed by atoms with Crippen LogP contribution < -0.4 is 5.32 Å². The highest BCUT2D eigenvalue weighted by Crippen LogP contribution is 2.33. The number of aryl methyl sites for hydroxylation is 1. The van der Waals surface area contributed by atoms with Crippen LogP contribution in [0.15, 0.2) is 30.3 Å². The van der Waals surface area contributed by atoms with Gasteiger partial charge in [-0.05, 0) is 30.6 Å². The molecule has 2 aliphatic rings. The summed E-state index contributed by atoms with van der Waals surface area (Å²) in [6.07, 6.45) is 2.46. The minimum Gasteiger partial charge on any atom is -0.322 e. The fourth-order valence-corrected chi connectivity index (χ4v) is 4.12. The third kappa shape index (κ3) is 2.42. The molecular weight excluding hydrogens is 272 g/mol. The van der Waals surface area contributed by atoms with Crippen molar-refractivity contribution in [1.82, 2.24) is 10.2 Å². The van der Waals surface area contributed by atoms with Gasteiger partial charge in [-0.2, -0.15) is 11.8 Å². The number of rotatable bonds is 4. The molecule has 1 aromatic carbocycles. The predicted molar refractivity (Wildman–Crippen MR) is 79.7 cm³/mol. The average molecular weight is 290 g/mol. The van der Waals surface area contributed by atoms with Gasteiger partial charge in [0.25, 0.3) is 5.91 Å². The molecule has 0 saturated carbocycles. The van der Waals surface area contributed by atoms with Gasteiger partial charge in [0.05, 0.1) is 0 Å². The highest BCUT2D eigenvalue weighted by molar-refractivity contribution is 7.99. The van der Waals surface area contributed by atoms with E-state index < -0.39 is 5.54 Å². The van der Waals surface area contributed by atoms with Gasteiger partial charge in [-0.25, -0.2) is 4.79 Å². The van der Waals surface area contributed by atoms with Crippen molar-refractivity contribution in [1.29, 1.82) is 0 Å². The second-order valence-corrected chi connectivity index (χ2v) is 6.47. The molecule has 1 N–H and O–H groups in total. The zero-order chi connectivity index (χ0) is 14.0. The fraction of sp³-hybridized carbons (Fsp3) is 0.467. The molecule has 1 atom stereocenters. The zero-order valence-corrected chi connectivity index (χ0v) is 12.1. The Hall–Kier alpha value is -1.49. The van der Waals surface area contributed by atoms with Crippen LogP contribution in [0.5, 0.6) is 0 Å². The van der Waals surface area contributed by atoms with E-state index >= 15 is 0 Å². The Morgan fingerprint density at radius 3 is 2.75 bits per heavy atom. The standard InChI is InChI=1S/C15H18N2O2S/c18-13-15(8-10-20-11-15)16-14(19)17(13)9-4-7-12-5-2-1-3-6-12/h1-3,5-6H,4,7-11H2,(H,16,19). The van der Waals surface area contributed by atoms with Crippen LogP contribution in [0, 0.1) is 0 Å². The molecule has 2 heterocycles. The number of hydrogen-bond acceptors (Lipinski definition) is 3. The first-order chi connectivity index (χ1) is 9.71. The van der Waals surface area contributed by atoms with Gasteiger partial charge in [0.1, 0.15) is 5.54 Å². The summed E-state index contributed by atoms with van der Waals surface area (Å²) in [5.74, 6) is 1.64. The number of amides is 3. The van der Waals surface area contributed by atoms with Crippen LogP contribution in [0.2, 0.25) is 0 Å². The number of nitrogens with zero attached hydrogens (tertiary/aromatic N) is 1. The fourth-order valence-electron chi connectivity index (χ4n) is 2.80. The first-order valence-electron chi connectivity index (χ1n) is 6.97. The van der Waals surface area contributed by atoms with E-state index in [9.17, 15) is 9.59 Å². The second-order valence-electron chi connectivity index (χ2n) is 5.36. The van der Waals surface area contributed by atoms with Crippen molar-refractivity contribution in [2.24, 2.45) is 0 Å². The van der Waals surface area contributed by atoms with Crippen LogP contribution >= 0.6 is 11.8 Å². The molecule has 1 aromatic rings. The molecule has 0 aromatic heterocycles. The molecule has 1 unspecified atom stereocenters. The molecule has 0 bridgehead atoms. The Labute approximate surface area is 122 Å². The molecule has 4 nitrogen and oxygen atoms in total. The average Bonchev–Trinajstić information content (AvgIpc) is 3.01. The van der Waals surface area contributed by atoms with Crippen molar-refractivity contribution in [3.63, 3.8) is 0 Å². The van der Waals surface area contributed by atoms with Crippen LogP contribution in [0.3, 0.4) is 0 Å². The highest BCUT2D eigenvalue weighted by atomic mass is 32.2. The Bertz CT molecular complexity index is 512. The number of hydrogen-bond donors (Lipinski definition) is 1. The smallest absolute Gasteiger partial charge is 0.322 e. The van der Waals surface area contributed by atoms with E-state index in [1.165, 1.54) is 10.5 Å². The van der Waals surface area contributed by atoms with Crippen molar-refractivity contribution in [3.8, 4) is 0 Å². The molecule has 2 fully saturated rings. The van der Waals surface area contributed by atoms with E-state index in [2.05, 4.69) is 17.4 Å². The van der Waals surface area contributed by atoms with E-state index in [0.717, 1.165) is 25.0 Å². The molecule has 3 rings (SSSR count). The van der Waals surface area contributed by atoms with Crippen LogP contribution in [-0.4, -0.2) is 40.4 Å². The van der Waals surface area contributed by atoms with Gasteiger partial charge in [0.2, 0.25) is 0 Å². The number of benzene rings is 1. The summed E-state index contributed by atoms with van der Waals surface area (Å²) in [5, 5.41) is 2.89. The van der Waals surface area contributed by atoms with E-state index in [4.69, 9.17) is 0 Å². The van der Waals surface area contributed by atoms with Crippen molar-refractivity contribution >= 4 is 23.7 Å². The van der Waals surface area contributed by atoms with Crippen LogP contribution in [-0.2, 0) is 11.2 Å². The van der Waals surface area contributed by atoms with Crippen molar-refractivity contribution in [2.75, 3.05) is 18.1 Å². The Balaban J connectivity index is 1.58. The lowest BCUT2D eigenvalue weighted by Crippen LogP contribution is -2.47. The lowest BCUT2D eigenvalue weighted by Gasteiger charge is -2.19. The summed E-state index contributed by atoms with van der Waals surface area (Å²) in [5.41, 5.74) is 0.639. The molecule has 1 spiro atoms. The summed E-state index contributed by atoms with van der Waals surface area (Å²) in [6, 6.07) is 9.93. The normalized spacial score (nSPS) is 25.5. The first-order valence-corrected chi connectivity index (χ1v) is 8.13. The number of imide groups is 1. The van der Waals surface area contributed by atoms with Gasteiger partial charge in [-0.3, -0.25) is 9.69 Å². The number of carbonyl (C=O) groups excluding carboxylic acids is 2. The number of nitrogens with one attached hydrogen (secondary N) is 1. The maximum Gasteiger partial charge on any atom is 0.325 e. The van der Waals surface area contributed by atoms with Gasteiger partial charge in [-0.15, -0.1) is 0 Å². The van der Waals surface area contributed by atoms with E-state index in [1.54, 1.807) is 11.8 Å². The molecule has 0 radical (unpaired) electrons.